The zero-order valence-electron chi connectivity index (χ0n) is 13.2. The Kier molecular flexibility index (Phi) is 4.76. The number of rotatable bonds is 5. The van der Waals surface area contributed by atoms with Gasteiger partial charge in [-0.1, -0.05) is 12.1 Å². The Bertz CT molecular complexity index is 547. The molecule has 1 aromatic rings. The third kappa shape index (κ3) is 3.31. The van der Waals surface area contributed by atoms with E-state index in [9.17, 15) is 9.90 Å². The standard InChI is InChI=1S/C17H24N2O2S/c1-12(18(2)11-15(20)13-7-8-13)17(21)19-9-10-22-16-6-4-3-5-14(16)19/h3-6,12-13,15,20H,7-11H2,1-2H3. The van der Waals surface area contributed by atoms with Gasteiger partial charge < -0.3 is 10.0 Å². The fourth-order valence-corrected chi connectivity index (χ4v) is 3.89. The second-order valence-electron chi connectivity index (χ2n) is 6.33. The van der Waals surface area contributed by atoms with Crippen LogP contribution in [0.15, 0.2) is 29.2 Å². The van der Waals surface area contributed by atoms with Gasteiger partial charge in [-0.3, -0.25) is 9.69 Å². The molecule has 3 rings (SSSR count). The molecule has 0 spiro atoms. The van der Waals surface area contributed by atoms with Crippen LogP contribution in [-0.4, -0.2) is 53.9 Å². The Labute approximate surface area is 136 Å². The van der Waals surface area contributed by atoms with Gasteiger partial charge in [0.1, 0.15) is 0 Å². The summed E-state index contributed by atoms with van der Waals surface area (Å²) in [6.45, 7) is 3.26. The van der Waals surface area contributed by atoms with Crippen LogP contribution < -0.4 is 4.90 Å². The summed E-state index contributed by atoms with van der Waals surface area (Å²) in [5.74, 6) is 1.50. The lowest BCUT2D eigenvalue weighted by Crippen LogP contribution is -2.49. The Hall–Kier alpha value is -1.04. The van der Waals surface area contributed by atoms with E-state index in [0.29, 0.717) is 12.5 Å². The van der Waals surface area contributed by atoms with Crippen LogP contribution in [0.5, 0.6) is 0 Å². The molecule has 0 aromatic heterocycles. The number of aliphatic hydroxyl groups is 1. The van der Waals surface area contributed by atoms with Crippen LogP contribution in [0.3, 0.4) is 0 Å². The molecule has 0 bridgehead atoms. The summed E-state index contributed by atoms with van der Waals surface area (Å²) in [6, 6.07) is 7.87. The quantitative estimate of drug-likeness (QED) is 0.903. The molecule has 1 saturated carbocycles. The number of aliphatic hydroxyl groups excluding tert-OH is 1. The number of fused-ring (bicyclic) bond motifs is 1. The zero-order valence-corrected chi connectivity index (χ0v) is 14.1. The highest BCUT2D eigenvalue weighted by atomic mass is 32.2. The third-order valence-corrected chi connectivity index (χ3v) is 5.70. The lowest BCUT2D eigenvalue weighted by molar-refractivity contribution is -0.123. The van der Waals surface area contributed by atoms with Gasteiger partial charge in [0, 0.05) is 23.7 Å². The number of carbonyl (C=O) groups excluding carboxylic acids is 1. The van der Waals surface area contributed by atoms with E-state index in [4.69, 9.17) is 0 Å². The largest absolute Gasteiger partial charge is 0.392 e. The van der Waals surface area contributed by atoms with Gasteiger partial charge in [-0.05, 0) is 44.9 Å². The summed E-state index contributed by atoms with van der Waals surface area (Å²) in [4.78, 5) is 17.9. The number of hydrogen-bond acceptors (Lipinski definition) is 4. The minimum atomic E-state index is -0.301. The maximum Gasteiger partial charge on any atom is 0.244 e. The predicted octanol–water partition coefficient (Wildman–Crippen LogP) is 2.22. The number of nitrogens with zero attached hydrogens (tertiary/aromatic N) is 2. The van der Waals surface area contributed by atoms with Crippen LogP contribution in [-0.2, 0) is 4.79 Å². The van der Waals surface area contributed by atoms with Gasteiger partial charge in [-0.25, -0.2) is 0 Å². The topological polar surface area (TPSA) is 43.8 Å². The number of thioether (sulfide) groups is 1. The number of para-hydroxylation sites is 1. The summed E-state index contributed by atoms with van der Waals surface area (Å²) in [6.07, 6.45) is 1.94. The molecule has 1 fully saturated rings. The van der Waals surface area contributed by atoms with Crippen LogP contribution in [0.2, 0.25) is 0 Å². The summed E-state index contributed by atoms with van der Waals surface area (Å²) in [5, 5.41) is 10.1. The molecule has 0 saturated heterocycles. The van der Waals surface area contributed by atoms with Crippen LogP contribution in [0.25, 0.3) is 0 Å². The lowest BCUT2D eigenvalue weighted by atomic mass is 10.1. The van der Waals surface area contributed by atoms with Crippen LogP contribution >= 0.6 is 11.8 Å². The molecule has 1 heterocycles. The van der Waals surface area contributed by atoms with Gasteiger partial charge in [0.25, 0.3) is 0 Å². The van der Waals surface area contributed by atoms with E-state index < -0.39 is 0 Å². The third-order valence-electron chi connectivity index (χ3n) is 4.65. The normalized spacial score (nSPS) is 20.6. The number of amides is 1. The van der Waals surface area contributed by atoms with E-state index in [1.165, 1.54) is 4.90 Å². The highest BCUT2D eigenvalue weighted by Gasteiger charge is 2.33. The van der Waals surface area contributed by atoms with Crippen molar-refractivity contribution in [3.05, 3.63) is 24.3 Å². The van der Waals surface area contributed by atoms with Crippen molar-refractivity contribution in [1.82, 2.24) is 4.90 Å². The van der Waals surface area contributed by atoms with Gasteiger partial charge in [-0.15, -0.1) is 11.8 Å². The number of hydrogen-bond donors (Lipinski definition) is 1. The van der Waals surface area contributed by atoms with E-state index in [1.807, 2.05) is 42.0 Å². The molecule has 0 radical (unpaired) electrons. The van der Waals surface area contributed by atoms with E-state index in [0.717, 1.165) is 30.8 Å². The minimum absolute atomic E-state index is 0.123. The number of likely N-dealkylation sites (N-methyl/N-ethyl adjacent to an activating group) is 1. The van der Waals surface area contributed by atoms with Gasteiger partial charge in [0.15, 0.2) is 0 Å². The monoisotopic (exact) mass is 320 g/mol. The minimum Gasteiger partial charge on any atom is -0.392 e. The van der Waals surface area contributed by atoms with Gasteiger partial charge >= 0.3 is 0 Å². The number of benzene rings is 1. The molecule has 5 heteroatoms. The number of carbonyl (C=O) groups is 1. The van der Waals surface area contributed by atoms with Crippen LogP contribution in [0.4, 0.5) is 5.69 Å². The molecule has 2 unspecified atom stereocenters. The average molecular weight is 320 g/mol. The SMILES string of the molecule is CC(C(=O)N1CCSc2ccccc21)N(C)CC(O)C1CC1. The molecule has 120 valence electrons. The smallest absolute Gasteiger partial charge is 0.244 e. The molecule has 2 aliphatic rings. The predicted molar refractivity (Wildman–Crippen MR) is 90.3 cm³/mol. The maximum atomic E-state index is 12.9. The van der Waals surface area contributed by atoms with Crippen molar-refractivity contribution in [1.29, 1.82) is 0 Å². The first-order valence-corrected chi connectivity index (χ1v) is 8.98. The van der Waals surface area contributed by atoms with Crippen LogP contribution in [0.1, 0.15) is 19.8 Å². The summed E-state index contributed by atoms with van der Waals surface area (Å²) >= 11 is 1.81. The molecule has 2 atom stereocenters. The maximum absolute atomic E-state index is 12.9. The first-order chi connectivity index (χ1) is 10.6. The first-order valence-electron chi connectivity index (χ1n) is 7.99. The number of anilines is 1. The molecule has 1 aromatic carbocycles. The molecule has 1 aliphatic heterocycles. The van der Waals surface area contributed by atoms with Crippen molar-refractivity contribution < 1.29 is 9.90 Å². The summed E-state index contributed by atoms with van der Waals surface area (Å²) < 4.78 is 0. The van der Waals surface area contributed by atoms with Crippen molar-refractivity contribution in [2.75, 3.05) is 30.8 Å². The molecule has 1 amide bonds. The fourth-order valence-electron chi connectivity index (χ4n) is 2.90. The molecular weight excluding hydrogens is 296 g/mol. The highest BCUT2D eigenvalue weighted by molar-refractivity contribution is 7.99. The summed E-state index contributed by atoms with van der Waals surface area (Å²) in [5.41, 5.74) is 1.02. The van der Waals surface area contributed by atoms with E-state index in [1.54, 1.807) is 11.8 Å². The summed E-state index contributed by atoms with van der Waals surface area (Å²) in [7, 11) is 1.93. The van der Waals surface area contributed by atoms with Gasteiger partial charge in [0.2, 0.25) is 5.91 Å². The second kappa shape index (κ2) is 6.60. The van der Waals surface area contributed by atoms with E-state index >= 15 is 0 Å². The lowest BCUT2D eigenvalue weighted by Gasteiger charge is -2.34. The molecule has 22 heavy (non-hydrogen) atoms. The van der Waals surface area contributed by atoms with Crippen molar-refractivity contribution >= 4 is 23.4 Å². The zero-order chi connectivity index (χ0) is 15.7. The Morgan fingerprint density at radius 1 is 1.45 bits per heavy atom. The van der Waals surface area contributed by atoms with E-state index in [2.05, 4.69) is 6.07 Å². The first kappa shape index (κ1) is 15.8. The second-order valence-corrected chi connectivity index (χ2v) is 7.46. The average Bonchev–Trinajstić information content (AvgIpc) is 3.37. The van der Waals surface area contributed by atoms with Crippen LogP contribution in [0, 0.1) is 5.92 Å². The van der Waals surface area contributed by atoms with Crippen molar-refractivity contribution in [3.63, 3.8) is 0 Å². The Morgan fingerprint density at radius 3 is 2.91 bits per heavy atom. The Morgan fingerprint density at radius 2 is 2.18 bits per heavy atom. The highest BCUT2D eigenvalue weighted by Crippen LogP contribution is 2.35. The fraction of sp³-hybridized carbons (Fsp3) is 0.588. The molecule has 1 aliphatic carbocycles. The molecule has 1 N–H and O–H groups in total. The van der Waals surface area contributed by atoms with E-state index in [-0.39, 0.29) is 18.1 Å². The van der Waals surface area contributed by atoms with Crippen molar-refractivity contribution in [2.45, 2.75) is 36.8 Å². The Balaban J connectivity index is 1.68. The van der Waals surface area contributed by atoms with Crippen molar-refractivity contribution in [3.8, 4) is 0 Å². The van der Waals surface area contributed by atoms with Crippen molar-refractivity contribution in [2.24, 2.45) is 5.92 Å². The van der Waals surface area contributed by atoms with Gasteiger partial charge in [-0.2, -0.15) is 0 Å². The van der Waals surface area contributed by atoms with Gasteiger partial charge in [0.05, 0.1) is 17.8 Å². The molecular formula is C17H24N2O2S. The molecule has 4 nitrogen and oxygen atoms in total.